The third-order valence-corrected chi connectivity index (χ3v) is 4.79. The fourth-order valence-corrected chi connectivity index (χ4v) is 3.51. The Labute approximate surface area is 145 Å². The van der Waals surface area contributed by atoms with Crippen molar-refractivity contribution < 1.29 is 4.74 Å². The van der Waals surface area contributed by atoms with Gasteiger partial charge in [0.25, 0.3) is 5.56 Å². The predicted octanol–water partition coefficient (Wildman–Crippen LogP) is 4.32. The number of aromatic nitrogens is 1. The van der Waals surface area contributed by atoms with Gasteiger partial charge in [0.2, 0.25) is 0 Å². The van der Waals surface area contributed by atoms with Gasteiger partial charge in [0, 0.05) is 17.1 Å². The zero-order valence-electron chi connectivity index (χ0n) is 13.3. The highest BCUT2D eigenvalue weighted by atomic mass is 35.5. The van der Waals surface area contributed by atoms with Crippen molar-refractivity contribution in [2.75, 3.05) is 0 Å². The van der Waals surface area contributed by atoms with Crippen LogP contribution in [0.2, 0.25) is 5.02 Å². The third-order valence-electron chi connectivity index (χ3n) is 4.54. The predicted molar refractivity (Wildman–Crippen MR) is 96.5 cm³/mol. The first-order valence-corrected chi connectivity index (χ1v) is 8.57. The summed E-state index contributed by atoms with van der Waals surface area (Å²) < 4.78 is 7.68. The van der Waals surface area contributed by atoms with Crippen molar-refractivity contribution in [1.29, 1.82) is 0 Å². The standard InChI is InChI=1S/C20H18ClNO2/c21-18-8-6-14(7-9-18)12-24-13-17-11-16-4-1-3-15-5-2-10-22(19(15)16)20(17)23/h1,3-4,6-9,11H,2,5,10,12-13H2. The van der Waals surface area contributed by atoms with Crippen LogP contribution in [0.25, 0.3) is 10.9 Å². The molecule has 0 aliphatic carbocycles. The van der Waals surface area contributed by atoms with Crippen molar-refractivity contribution >= 4 is 22.5 Å². The Kier molecular flexibility index (Phi) is 4.13. The van der Waals surface area contributed by atoms with Crippen molar-refractivity contribution in [2.45, 2.75) is 32.6 Å². The highest BCUT2D eigenvalue weighted by Gasteiger charge is 2.16. The van der Waals surface area contributed by atoms with Crippen molar-refractivity contribution in [3.63, 3.8) is 0 Å². The molecule has 0 atom stereocenters. The number of halogens is 1. The van der Waals surface area contributed by atoms with Crippen LogP contribution in [0.3, 0.4) is 0 Å². The van der Waals surface area contributed by atoms with Gasteiger partial charge in [0.1, 0.15) is 0 Å². The topological polar surface area (TPSA) is 31.2 Å². The molecule has 1 aliphatic heterocycles. The summed E-state index contributed by atoms with van der Waals surface area (Å²) in [5.74, 6) is 0. The Bertz CT molecular complexity index is 944. The fourth-order valence-electron chi connectivity index (χ4n) is 3.39. The minimum atomic E-state index is 0.0748. The molecule has 0 saturated heterocycles. The molecule has 1 aliphatic rings. The Balaban J connectivity index is 1.60. The Hall–Kier alpha value is -2.10. The van der Waals surface area contributed by atoms with E-state index in [1.54, 1.807) is 0 Å². The molecule has 0 amide bonds. The smallest absolute Gasteiger partial charge is 0.256 e. The molecule has 4 heteroatoms. The van der Waals surface area contributed by atoms with Gasteiger partial charge in [-0.1, -0.05) is 41.9 Å². The van der Waals surface area contributed by atoms with Crippen molar-refractivity contribution in [3.05, 3.63) is 80.6 Å². The quantitative estimate of drug-likeness (QED) is 0.709. The van der Waals surface area contributed by atoms with E-state index in [1.807, 2.05) is 34.9 Å². The maximum absolute atomic E-state index is 12.8. The molecule has 2 aromatic carbocycles. The molecule has 2 heterocycles. The lowest BCUT2D eigenvalue weighted by Gasteiger charge is -2.20. The van der Waals surface area contributed by atoms with Crippen LogP contribution in [0.4, 0.5) is 0 Å². The van der Waals surface area contributed by atoms with Gasteiger partial charge in [0.15, 0.2) is 0 Å². The first-order chi connectivity index (χ1) is 11.7. The summed E-state index contributed by atoms with van der Waals surface area (Å²) >= 11 is 5.88. The molecule has 4 rings (SSSR count). The molecule has 122 valence electrons. The van der Waals surface area contributed by atoms with Gasteiger partial charge in [0.05, 0.1) is 18.7 Å². The van der Waals surface area contributed by atoms with Crippen LogP contribution >= 0.6 is 11.6 Å². The first kappa shape index (κ1) is 15.4. The highest BCUT2D eigenvalue weighted by Crippen LogP contribution is 2.24. The van der Waals surface area contributed by atoms with E-state index in [1.165, 1.54) is 5.56 Å². The van der Waals surface area contributed by atoms with Gasteiger partial charge in [-0.2, -0.15) is 0 Å². The number of hydrogen-bond acceptors (Lipinski definition) is 2. The third kappa shape index (κ3) is 2.85. The molecule has 0 N–H and O–H groups in total. The normalized spacial score (nSPS) is 13.4. The van der Waals surface area contributed by atoms with Crippen LogP contribution in [0, 0.1) is 0 Å². The lowest BCUT2D eigenvalue weighted by molar-refractivity contribution is 0.106. The SMILES string of the molecule is O=c1c(COCc2ccc(Cl)cc2)cc2cccc3c2n1CCC3. The monoisotopic (exact) mass is 339 g/mol. The molecule has 0 radical (unpaired) electrons. The highest BCUT2D eigenvalue weighted by molar-refractivity contribution is 6.30. The summed E-state index contributed by atoms with van der Waals surface area (Å²) in [6.45, 7) is 1.58. The number of rotatable bonds is 4. The number of nitrogens with zero attached hydrogens (tertiary/aromatic N) is 1. The van der Waals surface area contributed by atoms with E-state index in [-0.39, 0.29) is 5.56 Å². The Morgan fingerprint density at radius 1 is 1.08 bits per heavy atom. The number of pyridine rings is 1. The summed E-state index contributed by atoms with van der Waals surface area (Å²) in [6, 6.07) is 15.8. The summed E-state index contributed by atoms with van der Waals surface area (Å²) in [5, 5.41) is 1.83. The summed E-state index contributed by atoms with van der Waals surface area (Å²) in [6.07, 6.45) is 2.06. The molecular formula is C20H18ClNO2. The molecular weight excluding hydrogens is 322 g/mol. The minimum Gasteiger partial charge on any atom is -0.372 e. The molecule has 0 unspecified atom stereocenters. The van der Waals surface area contributed by atoms with E-state index in [0.29, 0.717) is 18.2 Å². The molecule has 3 nitrogen and oxygen atoms in total. The van der Waals surface area contributed by atoms with Gasteiger partial charge in [-0.25, -0.2) is 0 Å². The number of benzene rings is 2. The molecule has 24 heavy (non-hydrogen) atoms. The average Bonchev–Trinajstić information content (AvgIpc) is 2.61. The zero-order valence-corrected chi connectivity index (χ0v) is 14.1. The van der Waals surface area contributed by atoms with Crippen LogP contribution in [-0.4, -0.2) is 4.57 Å². The van der Waals surface area contributed by atoms with E-state index in [4.69, 9.17) is 16.3 Å². The summed E-state index contributed by atoms with van der Waals surface area (Å²) in [7, 11) is 0. The fraction of sp³-hybridized carbons (Fsp3) is 0.250. The molecule has 0 bridgehead atoms. The Morgan fingerprint density at radius 2 is 1.92 bits per heavy atom. The first-order valence-electron chi connectivity index (χ1n) is 8.19. The van der Waals surface area contributed by atoms with Crippen molar-refractivity contribution in [3.8, 4) is 0 Å². The van der Waals surface area contributed by atoms with E-state index >= 15 is 0 Å². The second-order valence-electron chi connectivity index (χ2n) is 6.20. The molecule has 3 aromatic rings. The van der Waals surface area contributed by atoms with Crippen LogP contribution in [-0.2, 0) is 30.9 Å². The lowest BCUT2D eigenvalue weighted by atomic mass is 10.0. The lowest BCUT2D eigenvalue weighted by Crippen LogP contribution is -2.27. The largest absolute Gasteiger partial charge is 0.372 e. The molecule has 0 saturated carbocycles. The molecule has 0 spiro atoms. The second kappa shape index (κ2) is 6.42. The number of hydrogen-bond donors (Lipinski definition) is 0. The maximum Gasteiger partial charge on any atom is 0.256 e. The van der Waals surface area contributed by atoms with Gasteiger partial charge < -0.3 is 9.30 Å². The number of aryl methyl sites for hydroxylation is 2. The van der Waals surface area contributed by atoms with E-state index in [9.17, 15) is 4.79 Å². The maximum atomic E-state index is 12.8. The second-order valence-corrected chi connectivity index (χ2v) is 6.64. The van der Waals surface area contributed by atoms with Crippen molar-refractivity contribution in [2.24, 2.45) is 0 Å². The average molecular weight is 340 g/mol. The summed E-state index contributed by atoms with van der Waals surface area (Å²) in [5.41, 5.74) is 4.20. The van der Waals surface area contributed by atoms with Crippen molar-refractivity contribution in [1.82, 2.24) is 4.57 Å². The Morgan fingerprint density at radius 3 is 2.75 bits per heavy atom. The van der Waals surface area contributed by atoms with Crippen LogP contribution < -0.4 is 5.56 Å². The van der Waals surface area contributed by atoms with Crippen LogP contribution in [0.15, 0.2) is 53.3 Å². The number of para-hydroxylation sites is 1. The van der Waals surface area contributed by atoms with Gasteiger partial charge >= 0.3 is 0 Å². The van der Waals surface area contributed by atoms with E-state index in [2.05, 4.69) is 18.2 Å². The molecule has 1 aromatic heterocycles. The minimum absolute atomic E-state index is 0.0748. The van der Waals surface area contributed by atoms with Crippen LogP contribution in [0.5, 0.6) is 0 Å². The molecule has 0 fully saturated rings. The van der Waals surface area contributed by atoms with E-state index < -0.39 is 0 Å². The number of ether oxygens (including phenoxy) is 1. The van der Waals surface area contributed by atoms with Gasteiger partial charge in [-0.15, -0.1) is 0 Å². The van der Waals surface area contributed by atoms with Gasteiger partial charge in [-0.3, -0.25) is 4.79 Å². The summed E-state index contributed by atoms with van der Waals surface area (Å²) in [4.78, 5) is 12.8. The van der Waals surface area contributed by atoms with Crippen LogP contribution in [0.1, 0.15) is 23.1 Å². The van der Waals surface area contributed by atoms with Gasteiger partial charge in [-0.05, 0) is 47.6 Å². The van der Waals surface area contributed by atoms with E-state index in [0.717, 1.165) is 41.4 Å². The zero-order chi connectivity index (χ0) is 16.5.